The first-order chi connectivity index (χ1) is 15.8. The van der Waals surface area contributed by atoms with Gasteiger partial charge in [-0.05, 0) is 43.5 Å². The molecule has 0 bridgehead atoms. The Kier molecular flexibility index (Phi) is 8.24. The normalized spacial score (nSPS) is 11.1. The zero-order valence-electron chi connectivity index (χ0n) is 18.4. The van der Waals surface area contributed by atoms with Crippen LogP contribution in [0.1, 0.15) is 31.4 Å². The van der Waals surface area contributed by atoms with Crippen molar-refractivity contribution in [1.82, 2.24) is 14.1 Å². The Hall–Kier alpha value is -3.17. The van der Waals surface area contributed by atoms with Gasteiger partial charge in [0.15, 0.2) is 11.6 Å². The predicted molar refractivity (Wildman–Crippen MR) is 125 cm³/mol. The fourth-order valence-electron chi connectivity index (χ4n) is 3.16. The lowest BCUT2D eigenvalue weighted by molar-refractivity contribution is 0.231. The molecule has 2 aromatic carbocycles. The van der Waals surface area contributed by atoms with Crippen LogP contribution in [0.3, 0.4) is 0 Å². The number of aliphatic hydroxyl groups excluding tert-OH is 1. The van der Waals surface area contributed by atoms with Crippen LogP contribution in [0.5, 0.6) is 5.75 Å². The number of benzene rings is 2. The monoisotopic (exact) mass is 476 g/mol. The maximum Gasteiger partial charge on any atom is 0.354 e. The van der Waals surface area contributed by atoms with Crippen LogP contribution in [0.25, 0.3) is 0 Å². The highest BCUT2D eigenvalue weighted by Gasteiger charge is 2.15. The molecule has 1 heterocycles. The van der Waals surface area contributed by atoms with Crippen molar-refractivity contribution in [1.29, 1.82) is 0 Å². The fraction of sp³-hybridized carbons (Fsp3) is 0.348. The van der Waals surface area contributed by atoms with Crippen molar-refractivity contribution in [2.24, 2.45) is 0 Å². The third kappa shape index (κ3) is 6.21. The number of aromatic nitrogens is 3. The van der Waals surface area contributed by atoms with Crippen LogP contribution in [0, 0.1) is 5.82 Å². The van der Waals surface area contributed by atoms with Crippen LogP contribution >= 0.6 is 11.6 Å². The Morgan fingerprint density at radius 3 is 2.42 bits per heavy atom. The molecule has 0 aliphatic carbocycles. The first-order valence-corrected chi connectivity index (χ1v) is 11.1. The van der Waals surface area contributed by atoms with Gasteiger partial charge >= 0.3 is 11.4 Å². The maximum absolute atomic E-state index is 14.4. The fourth-order valence-corrected chi connectivity index (χ4v) is 3.34. The van der Waals surface area contributed by atoms with Gasteiger partial charge in [-0.3, -0.25) is 4.57 Å². The van der Waals surface area contributed by atoms with Gasteiger partial charge in [0.1, 0.15) is 0 Å². The van der Waals surface area contributed by atoms with Crippen LogP contribution < -0.4 is 21.4 Å². The largest absolute Gasteiger partial charge is 0.488 e. The summed E-state index contributed by atoms with van der Waals surface area (Å²) in [5, 5.41) is 12.0. The van der Waals surface area contributed by atoms with E-state index in [1.54, 1.807) is 19.9 Å². The summed E-state index contributed by atoms with van der Waals surface area (Å²) in [5.41, 5.74) is 0.665. The molecular formula is C23H26ClFN4O4. The number of hydrogen-bond donors (Lipinski definition) is 2. The van der Waals surface area contributed by atoms with E-state index in [0.717, 1.165) is 15.7 Å². The minimum atomic E-state index is -0.759. The second-order valence-electron chi connectivity index (χ2n) is 7.70. The summed E-state index contributed by atoms with van der Waals surface area (Å²) >= 11 is 5.85. The Morgan fingerprint density at radius 2 is 1.82 bits per heavy atom. The average molecular weight is 477 g/mol. The first kappa shape index (κ1) is 24.5. The molecule has 33 heavy (non-hydrogen) atoms. The maximum atomic E-state index is 14.4. The summed E-state index contributed by atoms with van der Waals surface area (Å²) in [6.45, 7) is 3.56. The Morgan fingerprint density at radius 1 is 1.12 bits per heavy atom. The summed E-state index contributed by atoms with van der Waals surface area (Å²) in [4.78, 5) is 29.6. The zero-order valence-corrected chi connectivity index (χ0v) is 19.2. The molecule has 0 saturated heterocycles. The highest BCUT2D eigenvalue weighted by atomic mass is 35.5. The van der Waals surface area contributed by atoms with E-state index in [2.05, 4.69) is 10.3 Å². The van der Waals surface area contributed by atoms with Crippen molar-refractivity contribution in [3.05, 3.63) is 80.4 Å². The van der Waals surface area contributed by atoms with Gasteiger partial charge in [0.2, 0.25) is 5.95 Å². The molecule has 0 aliphatic heterocycles. The van der Waals surface area contributed by atoms with Crippen molar-refractivity contribution in [3.63, 3.8) is 0 Å². The number of nitrogens with one attached hydrogen (secondary N) is 1. The second-order valence-corrected chi connectivity index (χ2v) is 7.97. The molecule has 2 N–H and O–H groups in total. The van der Waals surface area contributed by atoms with E-state index in [4.69, 9.17) is 21.4 Å². The van der Waals surface area contributed by atoms with E-state index in [0.29, 0.717) is 11.6 Å². The van der Waals surface area contributed by atoms with Gasteiger partial charge in [0, 0.05) is 30.8 Å². The lowest BCUT2D eigenvalue weighted by atomic mass is 10.1. The van der Waals surface area contributed by atoms with Gasteiger partial charge in [0.25, 0.3) is 0 Å². The number of hydrogen-bond acceptors (Lipinski definition) is 6. The third-order valence-electron chi connectivity index (χ3n) is 4.76. The van der Waals surface area contributed by atoms with E-state index in [9.17, 15) is 14.0 Å². The number of ether oxygens (including phenoxy) is 1. The van der Waals surface area contributed by atoms with Crippen LogP contribution in [0.4, 0.5) is 16.0 Å². The van der Waals surface area contributed by atoms with Crippen LogP contribution in [-0.4, -0.2) is 31.9 Å². The number of anilines is 2. The van der Waals surface area contributed by atoms with Crippen LogP contribution in [0.15, 0.2) is 52.1 Å². The highest BCUT2D eigenvalue weighted by Crippen LogP contribution is 2.24. The zero-order chi connectivity index (χ0) is 24.0. The molecule has 10 heteroatoms. The van der Waals surface area contributed by atoms with E-state index in [1.807, 2.05) is 24.3 Å². The molecule has 0 aliphatic rings. The summed E-state index contributed by atoms with van der Waals surface area (Å²) in [6.07, 6.45) is 0.0400. The summed E-state index contributed by atoms with van der Waals surface area (Å²) < 4.78 is 22.1. The highest BCUT2D eigenvalue weighted by molar-refractivity contribution is 6.17. The van der Waals surface area contributed by atoms with Crippen LogP contribution in [0.2, 0.25) is 0 Å². The Balaban J connectivity index is 2.01. The smallest absolute Gasteiger partial charge is 0.354 e. The van der Waals surface area contributed by atoms with E-state index >= 15 is 0 Å². The second kappa shape index (κ2) is 11.1. The molecule has 0 atom stereocenters. The number of nitrogens with zero attached hydrogens (tertiary/aromatic N) is 3. The molecule has 0 amide bonds. The molecule has 3 rings (SSSR count). The standard InChI is InChI=1S/C23H26ClFN4O4/c1-15(2)33-20-9-8-18(12-19(20)25)26-21-27-22(31)28(10-3-11-30)23(32)29(21)14-17-6-4-16(13-24)5-7-17/h4-9,12,15,30H,3,10-11,13-14H2,1-2H3,(H,26,27,31). The molecule has 0 saturated carbocycles. The summed E-state index contributed by atoms with van der Waals surface area (Å²) in [5.74, 6) is -0.151. The quantitative estimate of drug-likeness (QED) is 0.436. The lowest BCUT2D eigenvalue weighted by Gasteiger charge is -2.16. The van der Waals surface area contributed by atoms with Gasteiger partial charge in [-0.15, -0.1) is 11.6 Å². The summed E-state index contributed by atoms with van der Waals surface area (Å²) in [6, 6.07) is 11.6. The van der Waals surface area contributed by atoms with E-state index in [-0.39, 0.29) is 43.9 Å². The van der Waals surface area contributed by atoms with E-state index < -0.39 is 17.2 Å². The number of aliphatic hydroxyl groups is 1. The molecule has 0 radical (unpaired) electrons. The van der Waals surface area contributed by atoms with Gasteiger partial charge in [-0.1, -0.05) is 24.3 Å². The molecule has 176 valence electrons. The van der Waals surface area contributed by atoms with Crippen molar-refractivity contribution < 1.29 is 14.2 Å². The topological polar surface area (TPSA) is 98.4 Å². The van der Waals surface area contributed by atoms with Crippen molar-refractivity contribution in [2.75, 3.05) is 11.9 Å². The third-order valence-corrected chi connectivity index (χ3v) is 5.07. The van der Waals surface area contributed by atoms with Crippen molar-refractivity contribution in [3.8, 4) is 5.75 Å². The van der Waals surface area contributed by atoms with Crippen LogP contribution in [-0.2, 0) is 19.0 Å². The molecule has 0 fully saturated rings. The molecule has 3 aromatic rings. The molecule has 1 aromatic heterocycles. The number of halogens is 2. The SMILES string of the molecule is CC(C)Oc1ccc(Nc2nc(=O)n(CCCO)c(=O)n2Cc2ccc(CCl)cc2)cc1F. The minimum absolute atomic E-state index is 0.0244. The molecule has 0 unspecified atom stereocenters. The number of rotatable bonds is 10. The Labute approximate surface area is 195 Å². The molecule has 8 nitrogen and oxygen atoms in total. The van der Waals surface area contributed by atoms with Gasteiger partial charge in [-0.2, -0.15) is 4.98 Å². The van der Waals surface area contributed by atoms with Crippen molar-refractivity contribution >= 4 is 23.2 Å². The Bertz CT molecular complexity index is 1210. The molecule has 0 spiro atoms. The number of alkyl halides is 1. The predicted octanol–water partition coefficient (Wildman–Crippen LogP) is 3.24. The van der Waals surface area contributed by atoms with E-state index in [1.165, 1.54) is 16.7 Å². The first-order valence-electron chi connectivity index (χ1n) is 10.5. The minimum Gasteiger partial charge on any atom is -0.488 e. The van der Waals surface area contributed by atoms with Gasteiger partial charge in [0.05, 0.1) is 12.6 Å². The van der Waals surface area contributed by atoms with Gasteiger partial charge < -0.3 is 15.2 Å². The van der Waals surface area contributed by atoms with Gasteiger partial charge in [-0.25, -0.2) is 18.5 Å². The summed E-state index contributed by atoms with van der Waals surface area (Å²) in [7, 11) is 0. The molecular weight excluding hydrogens is 451 g/mol. The average Bonchev–Trinajstić information content (AvgIpc) is 2.78. The lowest BCUT2D eigenvalue weighted by Crippen LogP contribution is -2.42. The van der Waals surface area contributed by atoms with Crippen molar-refractivity contribution in [2.45, 2.75) is 45.3 Å².